The third-order valence-electron chi connectivity index (χ3n) is 3.31. The number of carbonyl (C=O) groups excluding carboxylic acids is 2. The number of hydrogen-bond acceptors (Lipinski definition) is 3. The molecule has 4 nitrogen and oxygen atoms in total. The van der Waals surface area contributed by atoms with Crippen LogP contribution < -0.4 is 5.32 Å². The summed E-state index contributed by atoms with van der Waals surface area (Å²) >= 11 is 1.93. The first kappa shape index (κ1) is 11.8. The fourth-order valence-electron chi connectivity index (χ4n) is 2.48. The van der Waals surface area contributed by atoms with E-state index >= 15 is 0 Å². The van der Waals surface area contributed by atoms with Gasteiger partial charge in [-0.15, -0.1) is 0 Å². The summed E-state index contributed by atoms with van der Waals surface area (Å²) in [6.45, 7) is 2.15. The predicted molar refractivity (Wildman–Crippen MR) is 64.3 cm³/mol. The number of piperazine rings is 1. The maximum Gasteiger partial charge on any atom is 0.243 e. The molecule has 90 valence electrons. The van der Waals surface area contributed by atoms with Crippen molar-refractivity contribution in [2.75, 3.05) is 18.1 Å². The quantitative estimate of drug-likeness (QED) is 0.772. The third kappa shape index (κ3) is 2.19. The van der Waals surface area contributed by atoms with Gasteiger partial charge in [0.05, 0.1) is 6.54 Å². The summed E-state index contributed by atoms with van der Waals surface area (Å²) in [6, 6.07) is 0.0408. The van der Waals surface area contributed by atoms with Crippen LogP contribution in [0.15, 0.2) is 0 Å². The van der Waals surface area contributed by atoms with Crippen LogP contribution in [-0.4, -0.2) is 46.8 Å². The minimum absolute atomic E-state index is 0.0142. The van der Waals surface area contributed by atoms with Gasteiger partial charge in [0, 0.05) is 6.04 Å². The van der Waals surface area contributed by atoms with Gasteiger partial charge >= 0.3 is 0 Å². The fraction of sp³-hybridized carbons (Fsp3) is 0.818. The van der Waals surface area contributed by atoms with Crippen LogP contribution in [0.2, 0.25) is 0 Å². The van der Waals surface area contributed by atoms with E-state index in [1.807, 2.05) is 23.6 Å². The Morgan fingerprint density at radius 2 is 2.06 bits per heavy atom. The second kappa shape index (κ2) is 5.08. The highest BCUT2D eigenvalue weighted by Gasteiger charge is 2.37. The lowest BCUT2D eigenvalue weighted by Gasteiger charge is -2.41. The van der Waals surface area contributed by atoms with Crippen LogP contribution in [0.4, 0.5) is 0 Å². The summed E-state index contributed by atoms with van der Waals surface area (Å²) in [5, 5.41) is 2.67. The van der Waals surface area contributed by atoms with Gasteiger partial charge in [-0.2, -0.15) is 11.8 Å². The van der Waals surface area contributed by atoms with Crippen molar-refractivity contribution in [3.8, 4) is 0 Å². The summed E-state index contributed by atoms with van der Waals surface area (Å²) in [4.78, 5) is 25.5. The number of carbonyl (C=O) groups is 2. The number of nitrogens with zero attached hydrogens (tertiary/aromatic N) is 1. The standard InChI is InChI=1S/C11H18N2O2S/c1-2-9-11(15)12-7-10(14)13(9)8-3-5-16-6-4-8/h8-9H,2-7H2,1H3,(H,12,15). The maximum atomic E-state index is 11.9. The number of rotatable bonds is 2. The van der Waals surface area contributed by atoms with E-state index in [-0.39, 0.29) is 30.4 Å². The van der Waals surface area contributed by atoms with E-state index in [9.17, 15) is 9.59 Å². The van der Waals surface area contributed by atoms with E-state index in [1.54, 1.807) is 0 Å². The molecule has 2 aliphatic heterocycles. The highest BCUT2D eigenvalue weighted by molar-refractivity contribution is 7.99. The molecule has 16 heavy (non-hydrogen) atoms. The molecule has 0 aromatic carbocycles. The van der Waals surface area contributed by atoms with Gasteiger partial charge in [0.15, 0.2) is 0 Å². The molecule has 2 rings (SSSR count). The van der Waals surface area contributed by atoms with Crippen LogP contribution in [0.25, 0.3) is 0 Å². The summed E-state index contributed by atoms with van der Waals surface area (Å²) in [5.41, 5.74) is 0. The zero-order valence-corrected chi connectivity index (χ0v) is 10.4. The second-order valence-electron chi connectivity index (χ2n) is 4.29. The molecular formula is C11H18N2O2S. The fourth-order valence-corrected chi connectivity index (χ4v) is 3.56. The van der Waals surface area contributed by atoms with Gasteiger partial charge < -0.3 is 10.2 Å². The first-order chi connectivity index (χ1) is 7.74. The van der Waals surface area contributed by atoms with Crippen LogP contribution in [0.3, 0.4) is 0 Å². The van der Waals surface area contributed by atoms with Crippen molar-refractivity contribution < 1.29 is 9.59 Å². The molecule has 1 unspecified atom stereocenters. The first-order valence-corrected chi connectivity index (χ1v) is 7.06. The Morgan fingerprint density at radius 3 is 2.69 bits per heavy atom. The van der Waals surface area contributed by atoms with Crippen LogP contribution in [-0.2, 0) is 9.59 Å². The molecule has 0 aromatic heterocycles. The highest BCUT2D eigenvalue weighted by Crippen LogP contribution is 2.25. The van der Waals surface area contributed by atoms with Crippen molar-refractivity contribution >= 4 is 23.6 Å². The second-order valence-corrected chi connectivity index (χ2v) is 5.51. The smallest absolute Gasteiger partial charge is 0.243 e. The van der Waals surface area contributed by atoms with Crippen molar-refractivity contribution in [3.63, 3.8) is 0 Å². The summed E-state index contributed by atoms with van der Waals surface area (Å²) in [6.07, 6.45) is 2.77. The van der Waals surface area contributed by atoms with Crippen molar-refractivity contribution in [3.05, 3.63) is 0 Å². The van der Waals surface area contributed by atoms with E-state index in [2.05, 4.69) is 5.32 Å². The van der Waals surface area contributed by atoms with E-state index < -0.39 is 0 Å². The van der Waals surface area contributed by atoms with Crippen LogP contribution in [0, 0.1) is 0 Å². The molecule has 1 N–H and O–H groups in total. The van der Waals surface area contributed by atoms with Gasteiger partial charge in [0.1, 0.15) is 6.04 Å². The van der Waals surface area contributed by atoms with Gasteiger partial charge in [-0.25, -0.2) is 0 Å². The molecule has 0 bridgehead atoms. The topological polar surface area (TPSA) is 49.4 Å². The normalized spacial score (nSPS) is 28.1. The van der Waals surface area contributed by atoms with Crippen LogP contribution >= 0.6 is 11.8 Å². The van der Waals surface area contributed by atoms with Gasteiger partial charge in [0.2, 0.25) is 11.8 Å². The Morgan fingerprint density at radius 1 is 1.38 bits per heavy atom. The lowest BCUT2D eigenvalue weighted by atomic mass is 10.0. The highest BCUT2D eigenvalue weighted by atomic mass is 32.2. The Balaban J connectivity index is 2.13. The Kier molecular flexibility index (Phi) is 3.74. The van der Waals surface area contributed by atoms with Crippen molar-refractivity contribution in [2.45, 2.75) is 38.3 Å². The molecular weight excluding hydrogens is 224 g/mol. The maximum absolute atomic E-state index is 11.9. The van der Waals surface area contributed by atoms with Gasteiger partial charge in [-0.05, 0) is 30.8 Å². The average Bonchev–Trinajstić information content (AvgIpc) is 2.33. The third-order valence-corrected chi connectivity index (χ3v) is 4.36. The monoisotopic (exact) mass is 242 g/mol. The molecule has 0 saturated carbocycles. The molecule has 2 saturated heterocycles. The van der Waals surface area contributed by atoms with Crippen molar-refractivity contribution in [1.29, 1.82) is 0 Å². The number of nitrogens with one attached hydrogen (secondary N) is 1. The molecule has 0 radical (unpaired) electrons. The molecule has 1 atom stereocenters. The van der Waals surface area contributed by atoms with Crippen LogP contribution in [0.1, 0.15) is 26.2 Å². The Labute approximate surface area is 100 Å². The zero-order valence-electron chi connectivity index (χ0n) is 9.57. The minimum atomic E-state index is -0.241. The lowest BCUT2D eigenvalue weighted by molar-refractivity contribution is -0.148. The number of thioether (sulfide) groups is 1. The van der Waals surface area contributed by atoms with Gasteiger partial charge in [0.25, 0.3) is 0 Å². The summed E-state index contributed by atoms with van der Waals surface area (Å²) in [7, 11) is 0. The van der Waals surface area contributed by atoms with Crippen molar-refractivity contribution in [1.82, 2.24) is 10.2 Å². The molecule has 2 heterocycles. The molecule has 0 aliphatic carbocycles. The first-order valence-electron chi connectivity index (χ1n) is 5.90. The zero-order chi connectivity index (χ0) is 11.5. The minimum Gasteiger partial charge on any atom is -0.345 e. The van der Waals surface area contributed by atoms with E-state index in [1.165, 1.54) is 0 Å². The largest absolute Gasteiger partial charge is 0.345 e. The van der Waals surface area contributed by atoms with E-state index in [0.717, 1.165) is 24.3 Å². The Hall–Kier alpha value is -0.710. The SMILES string of the molecule is CCC1C(=O)NCC(=O)N1C1CCSCC1. The molecule has 0 aromatic rings. The molecule has 2 fully saturated rings. The molecule has 0 spiro atoms. The van der Waals surface area contributed by atoms with Gasteiger partial charge in [-0.3, -0.25) is 9.59 Å². The predicted octanol–water partition coefficient (Wildman–Crippen LogP) is 0.619. The van der Waals surface area contributed by atoms with Crippen LogP contribution in [0.5, 0.6) is 0 Å². The average molecular weight is 242 g/mol. The van der Waals surface area contributed by atoms with E-state index in [0.29, 0.717) is 6.42 Å². The molecule has 2 aliphatic rings. The lowest BCUT2D eigenvalue weighted by Crippen LogP contribution is -2.61. The number of amides is 2. The molecule has 2 amide bonds. The van der Waals surface area contributed by atoms with E-state index in [4.69, 9.17) is 0 Å². The Bertz CT molecular complexity index is 290. The summed E-state index contributed by atoms with van der Waals surface area (Å²) < 4.78 is 0. The molecule has 5 heteroatoms. The van der Waals surface area contributed by atoms with Gasteiger partial charge in [-0.1, -0.05) is 6.92 Å². The summed E-state index contributed by atoms with van der Waals surface area (Å²) in [5.74, 6) is 2.31. The van der Waals surface area contributed by atoms with Crippen molar-refractivity contribution in [2.24, 2.45) is 0 Å². The number of hydrogen-bond donors (Lipinski definition) is 1.